The molecule has 1 unspecified atom stereocenters. The molecule has 5 heteroatoms. The molecule has 0 aromatic heterocycles. The van der Waals surface area contributed by atoms with Gasteiger partial charge in [0.1, 0.15) is 5.82 Å². The average molecular weight is 287 g/mol. The Labute approximate surface area is 118 Å². The summed E-state index contributed by atoms with van der Waals surface area (Å²) >= 11 is 5.85. The predicted molar refractivity (Wildman–Crippen MR) is 74.8 cm³/mol. The summed E-state index contributed by atoms with van der Waals surface area (Å²) in [5, 5.41) is 0.155. The van der Waals surface area contributed by atoms with E-state index in [-0.39, 0.29) is 16.9 Å². The molecular weight excluding hydrogens is 267 g/mol. The van der Waals surface area contributed by atoms with Gasteiger partial charge in [0, 0.05) is 32.8 Å². The SMILES string of the molecule is COC1CCN(C(CN)c2ccc(F)c(Cl)c2)CC1. The van der Waals surface area contributed by atoms with Crippen molar-refractivity contribution in [2.45, 2.75) is 25.0 Å². The lowest BCUT2D eigenvalue weighted by Crippen LogP contribution is -2.41. The van der Waals surface area contributed by atoms with Gasteiger partial charge in [0.15, 0.2) is 0 Å². The highest BCUT2D eigenvalue weighted by molar-refractivity contribution is 6.30. The molecule has 3 nitrogen and oxygen atoms in total. The summed E-state index contributed by atoms with van der Waals surface area (Å²) in [6.07, 6.45) is 2.34. The van der Waals surface area contributed by atoms with E-state index >= 15 is 0 Å². The van der Waals surface area contributed by atoms with Gasteiger partial charge in [-0.25, -0.2) is 4.39 Å². The molecule has 0 amide bonds. The summed E-state index contributed by atoms with van der Waals surface area (Å²) < 4.78 is 18.6. The van der Waals surface area contributed by atoms with E-state index in [0.717, 1.165) is 31.5 Å². The first-order chi connectivity index (χ1) is 9.15. The van der Waals surface area contributed by atoms with Gasteiger partial charge in [0.05, 0.1) is 11.1 Å². The van der Waals surface area contributed by atoms with Gasteiger partial charge in [0.2, 0.25) is 0 Å². The molecule has 19 heavy (non-hydrogen) atoms. The third-order valence-corrected chi connectivity index (χ3v) is 4.09. The lowest BCUT2D eigenvalue weighted by atomic mass is 10.0. The molecule has 0 saturated carbocycles. The van der Waals surface area contributed by atoms with Crippen LogP contribution in [0.3, 0.4) is 0 Å². The molecule has 0 radical (unpaired) electrons. The highest BCUT2D eigenvalue weighted by atomic mass is 35.5. The van der Waals surface area contributed by atoms with E-state index in [0.29, 0.717) is 12.6 Å². The molecule has 0 spiro atoms. The number of likely N-dealkylation sites (tertiary alicyclic amines) is 1. The molecular formula is C14H20ClFN2O. The zero-order chi connectivity index (χ0) is 13.8. The molecule has 1 atom stereocenters. The van der Waals surface area contributed by atoms with Crippen molar-refractivity contribution in [1.82, 2.24) is 4.90 Å². The van der Waals surface area contributed by atoms with Crippen LogP contribution in [0.4, 0.5) is 4.39 Å². The van der Waals surface area contributed by atoms with E-state index in [1.165, 1.54) is 6.07 Å². The lowest BCUT2D eigenvalue weighted by Gasteiger charge is -2.37. The van der Waals surface area contributed by atoms with Crippen LogP contribution >= 0.6 is 11.6 Å². The maximum atomic E-state index is 13.2. The van der Waals surface area contributed by atoms with E-state index in [1.54, 1.807) is 19.2 Å². The summed E-state index contributed by atoms with van der Waals surface area (Å²) in [6.45, 7) is 2.38. The van der Waals surface area contributed by atoms with Crippen LogP contribution in [0, 0.1) is 5.82 Å². The number of nitrogens with two attached hydrogens (primary N) is 1. The molecule has 0 aliphatic carbocycles. The Morgan fingerprint density at radius 3 is 2.68 bits per heavy atom. The smallest absolute Gasteiger partial charge is 0.141 e. The second-order valence-corrected chi connectivity index (χ2v) is 5.30. The molecule has 106 valence electrons. The van der Waals surface area contributed by atoms with Gasteiger partial charge in [-0.2, -0.15) is 0 Å². The Bertz CT molecular complexity index is 422. The molecule has 1 fully saturated rings. The minimum absolute atomic E-state index is 0.0934. The van der Waals surface area contributed by atoms with Gasteiger partial charge in [-0.15, -0.1) is 0 Å². The topological polar surface area (TPSA) is 38.5 Å². The third kappa shape index (κ3) is 3.45. The van der Waals surface area contributed by atoms with E-state index in [9.17, 15) is 4.39 Å². The van der Waals surface area contributed by atoms with Crippen LogP contribution in [-0.2, 0) is 4.74 Å². The lowest BCUT2D eigenvalue weighted by molar-refractivity contribution is 0.0280. The quantitative estimate of drug-likeness (QED) is 0.925. The van der Waals surface area contributed by atoms with Crippen molar-refractivity contribution >= 4 is 11.6 Å². The molecule has 1 saturated heterocycles. The standard InChI is InChI=1S/C14H20ClFN2O/c1-19-11-4-6-18(7-5-11)14(9-17)10-2-3-13(16)12(15)8-10/h2-3,8,11,14H,4-7,9,17H2,1H3. The molecule has 1 heterocycles. The number of piperidine rings is 1. The van der Waals surface area contributed by atoms with Gasteiger partial charge < -0.3 is 10.5 Å². The van der Waals surface area contributed by atoms with E-state index in [4.69, 9.17) is 22.1 Å². The molecule has 1 aliphatic rings. The zero-order valence-electron chi connectivity index (χ0n) is 11.1. The van der Waals surface area contributed by atoms with Crippen LogP contribution in [0.25, 0.3) is 0 Å². The maximum Gasteiger partial charge on any atom is 0.141 e. The Kier molecular flexibility index (Phi) is 5.16. The molecule has 1 aromatic rings. The number of rotatable bonds is 4. The number of hydrogen-bond donors (Lipinski definition) is 1. The van der Waals surface area contributed by atoms with Gasteiger partial charge in [0.25, 0.3) is 0 Å². The summed E-state index contributed by atoms with van der Waals surface area (Å²) in [4.78, 5) is 2.32. The molecule has 1 aliphatic heterocycles. The second-order valence-electron chi connectivity index (χ2n) is 4.90. The third-order valence-electron chi connectivity index (χ3n) is 3.80. The fraction of sp³-hybridized carbons (Fsp3) is 0.571. The van der Waals surface area contributed by atoms with Gasteiger partial charge >= 0.3 is 0 Å². The van der Waals surface area contributed by atoms with Gasteiger partial charge in [-0.05, 0) is 30.5 Å². The van der Waals surface area contributed by atoms with Crippen molar-refractivity contribution in [2.75, 3.05) is 26.7 Å². The summed E-state index contributed by atoms with van der Waals surface area (Å²) in [6, 6.07) is 4.94. The first-order valence-electron chi connectivity index (χ1n) is 6.57. The van der Waals surface area contributed by atoms with Crippen LogP contribution in [0.2, 0.25) is 5.02 Å². The summed E-state index contributed by atoms with van der Waals surface area (Å²) in [5.41, 5.74) is 6.86. The normalized spacial score (nSPS) is 19.6. The Hall–Kier alpha value is -0.680. The number of ether oxygens (including phenoxy) is 1. The van der Waals surface area contributed by atoms with Crippen molar-refractivity contribution in [3.63, 3.8) is 0 Å². The Morgan fingerprint density at radius 1 is 1.47 bits per heavy atom. The zero-order valence-corrected chi connectivity index (χ0v) is 11.9. The van der Waals surface area contributed by atoms with Crippen LogP contribution < -0.4 is 5.73 Å². The molecule has 2 rings (SSSR count). The molecule has 0 bridgehead atoms. The van der Waals surface area contributed by atoms with Crippen molar-refractivity contribution in [1.29, 1.82) is 0 Å². The summed E-state index contributed by atoms with van der Waals surface area (Å²) in [7, 11) is 1.75. The van der Waals surface area contributed by atoms with Crippen molar-refractivity contribution in [3.8, 4) is 0 Å². The first-order valence-corrected chi connectivity index (χ1v) is 6.95. The Morgan fingerprint density at radius 2 is 2.16 bits per heavy atom. The number of methoxy groups -OCH3 is 1. The number of nitrogens with zero attached hydrogens (tertiary/aromatic N) is 1. The molecule has 2 N–H and O–H groups in total. The number of hydrogen-bond acceptors (Lipinski definition) is 3. The van der Waals surface area contributed by atoms with Crippen molar-refractivity contribution < 1.29 is 9.13 Å². The van der Waals surface area contributed by atoms with E-state index in [2.05, 4.69) is 4.90 Å². The van der Waals surface area contributed by atoms with Crippen molar-refractivity contribution in [2.24, 2.45) is 5.73 Å². The van der Waals surface area contributed by atoms with Crippen LogP contribution in [0.5, 0.6) is 0 Å². The Balaban J connectivity index is 2.09. The minimum Gasteiger partial charge on any atom is -0.381 e. The summed E-state index contributed by atoms with van der Waals surface area (Å²) in [5.74, 6) is -0.390. The van der Waals surface area contributed by atoms with Crippen LogP contribution in [0.1, 0.15) is 24.4 Å². The fourth-order valence-corrected chi connectivity index (χ4v) is 2.83. The first kappa shape index (κ1) is 14.7. The van der Waals surface area contributed by atoms with Gasteiger partial charge in [-0.1, -0.05) is 17.7 Å². The maximum absolute atomic E-state index is 13.2. The van der Waals surface area contributed by atoms with E-state index in [1.807, 2.05) is 0 Å². The van der Waals surface area contributed by atoms with Gasteiger partial charge in [-0.3, -0.25) is 4.90 Å². The van der Waals surface area contributed by atoms with E-state index < -0.39 is 0 Å². The molecule has 1 aromatic carbocycles. The van der Waals surface area contributed by atoms with Crippen LogP contribution in [-0.4, -0.2) is 37.7 Å². The predicted octanol–water partition coefficient (Wildman–Crippen LogP) is 2.59. The number of halogens is 2. The minimum atomic E-state index is -0.390. The average Bonchev–Trinajstić information content (AvgIpc) is 2.44. The monoisotopic (exact) mass is 286 g/mol. The second kappa shape index (κ2) is 6.66. The van der Waals surface area contributed by atoms with Crippen LogP contribution in [0.15, 0.2) is 18.2 Å². The highest BCUT2D eigenvalue weighted by Gasteiger charge is 2.25. The number of benzene rings is 1. The fourth-order valence-electron chi connectivity index (χ4n) is 2.64. The van der Waals surface area contributed by atoms with Crippen molar-refractivity contribution in [3.05, 3.63) is 34.6 Å². The highest BCUT2D eigenvalue weighted by Crippen LogP contribution is 2.27. The largest absolute Gasteiger partial charge is 0.381 e.